The number of hydrogen-bond donors (Lipinski definition) is 1. The zero-order valence-electron chi connectivity index (χ0n) is 9.14. The molecule has 1 fully saturated rings. The van der Waals surface area contributed by atoms with Gasteiger partial charge < -0.3 is 0 Å². The molecule has 0 spiro atoms. The van der Waals surface area contributed by atoms with Crippen molar-refractivity contribution in [3.63, 3.8) is 0 Å². The topological polar surface area (TPSA) is 58.1 Å². The van der Waals surface area contributed by atoms with Crippen LogP contribution in [0.3, 0.4) is 0 Å². The molecule has 6 heteroatoms. The molecule has 1 saturated heterocycles. The fourth-order valence-electron chi connectivity index (χ4n) is 1.77. The van der Waals surface area contributed by atoms with Gasteiger partial charge in [-0.2, -0.15) is 4.98 Å². The first kappa shape index (κ1) is 11.1. The summed E-state index contributed by atoms with van der Waals surface area (Å²) in [5.74, 6) is 0.991. The van der Waals surface area contributed by atoms with Crippen molar-refractivity contribution in [3.05, 3.63) is 17.5 Å². The number of hydrogen-bond acceptors (Lipinski definition) is 4. The van der Waals surface area contributed by atoms with Crippen LogP contribution < -0.4 is 10.4 Å². The molecule has 0 aromatic carbocycles. The number of anilines is 1. The summed E-state index contributed by atoms with van der Waals surface area (Å²) < 4.78 is 0. The van der Waals surface area contributed by atoms with Crippen LogP contribution in [0, 0.1) is 5.92 Å². The number of rotatable bonds is 2. The minimum Gasteiger partial charge on any atom is -0.273 e. The maximum atomic E-state index is 11.4. The van der Waals surface area contributed by atoms with E-state index in [9.17, 15) is 4.79 Å². The van der Waals surface area contributed by atoms with Gasteiger partial charge in [-0.05, 0) is 17.5 Å². The van der Waals surface area contributed by atoms with Crippen molar-refractivity contribution in [1.82, 2.24) is 15.4 Å². The van der Waals surface area contributed by atoms with E-state index in [1.165, 1.54) is 0 Å². The molecule has 1 N–H and O–H groups in total. The maximum Gasteiger partial charge on any atom is 0.240 e. The molecule has 0 saturated carbocycles. The first-order valence-corrected chi connectivity index (χ1v) is 5.53. The molecular formula is C10H13ClN4O. The molecule has 1 aromatic heterocycles. The smallest absolute Gasteiger partial charge is 0.240 e. The molecule has 5 nitrogen and oxygen atoms in total. The lowest BCUT2D eigenvalue weighted by molar-refractivity contribution is -0.119. The summed E-state index contributed by atoms with van der Waals surface area (Å²) in [6.45, 7) is 4.14. The van der Waals surface area contributed by atoms with Gasteiger partial charge in [0.25, 0.3) is 0 Å². The summed E-state index contributed by atoms with van der Waals surface area (Å²) in [4.78, 5) is 19.3. The highest BCUT2D eigenvalue weighted by molar-refractivity contribution is 6.28. The molecule has 86 valence electrons. The first-order chi connectivity index (χ1) is 7.58. The molecule has 2 rings (SSSR count). The lowest BCUT2D eigenvalue weighted by Gasteiger charge is -2.26. The number of nitrogens with one attached hydrogen (secondary N) is 1. The van der Waals surface area contributed by atoms with Gasteiger partial charge in [0.15, 0.2) is 5.82 Å². The van der Waals surface area contributed by atoms with Gasteiger partial charge in [-0.1, -0.05) is 13.8 Å². The molecule has 1 aliphatic rings. The molecule has 0 bridgehead atoms. The van der Waals surface area contributed by atoms with Crippen LogP contribution in [0.25, 0.3) is 0 Å². The molecule has 16 heavy (non-hydrogen) atoms. The van der Waals surface area contributed by atoms with Crippen molar-refractivity contribution in [2.45, 2.75) is 26.3 Å². The SMILES string of the molecule is CC(C)C1CC(=O)NN1c1ccnc(Cl)n1. The van der Waals surface area contributed by atoms with E-state index in [0.29, 0.717) is 18.2 Å². The highest BCUT2D eigenvalue weighted by atomic mass is 35.5. The number of hydrazine groups is 1. The molecule has 1 atom stereocenters. The minimum atomic E-state index is 0.00781. The Morgan fingerprint density at radius 3 is 3.00 bits per heavy atom. The van der Waals surface area contributed by atoms with Gasteiger partial charge in [0.2, 0.25) is 11.2 Å². The van der Waals surface area contributed by atoms with E-state index in [2.05, 4.69) is 29.2 Å². The van der Waals surface area contributed by atoms with E-state index in [1.54, 1.807) is 17.3 Å². The van der Waals surface area contributed by atoms with Crippen molar-refractivity contribution in [3.8, 4) is 0 Å². The third-order valence-corrected chi connectivity index (χ3v) is 2.78. The van der Waals surface area contributed by atoms with E-state index < -0.39 is 0 Å². The van der Waals surface area contributed by atoms with Crippen molar-refractivity contribution in [2.24, 2.45) is 5.92 Å². The Bertz CT molecular complexity index is 410. The third kappa shape index (κ3) is 2.09. The van der Waals surface area contributed by atoms with Gasteiger partial charge >= 0.3 is 0 Å². The van der Waals surface area contributed by atoms with Crippen LogP contribution in [-0.2, 0) is 4.79 Å². The van der Waals surface area contributed by atoms with E-state index >= 15 is 0 Å². The van der Waals surface area contributed by atoms with Crippen LogP contribution in [0.5, 0.6) is 0 Å². The zero-order chi connectivity index (χ0) is 11.7. The number of carbonyl (C=O) groups excluding carboxylic acids is 1. The van der Waals surface area contributed by atoms with Gasteiger partial charge in [-0.25, -0.2) is 4.98 Å². The largest absolute Gasteiger partial charge is 0.273 e. The minimum absolute atomic E-state index is 0.00781. The highest BCUT2D eigenvalue weighted by Gasteiger charge is 2.33. The first-order valence-electron chi connectivity index (χ1n) is 5.15. The highest BCUT2D eigenvalue weighted by Crippen LogP contribution is 2.24. The van der Waals surface area contributed by atoms with E-state index in [1.807, 2.05) is 0 Å². The van der Waals surface area contributed by atoms with Crippen LogP contribution in [0.2, 0.25) is 5.28 Å². The van der Waals surface area contributed by atoms with Crippen LogP contribution in [0.4, 0.5) is 5.82 Å². The normalized spacial score (nSPS) is 20.4. The molecule has 0 aliphatic carbocycles. The summed E-state index contributed by atoms with van der Waals surface area (Å²) >= 11 is 5.73. The standard InChI is InChI=1S/C10H13ClN4O/c1-6(2)7-5-9(16)14-15(7)8-3-4-12-10(11)13-8/h3-4,6-7H,5H2,1-2H3,(H,14,16). The summed E-state index contributed by atoms with van der Waals surface area (Å²) in [7, 11) is 0. The van der Waals surface area contributed by atoms with Crippen LogP contribution >= 0.6 is 11.6 Å². The van der Waals surface area contributed by atoms with Gasteiger partial charge in [0, 0.05) is 12.3 Å². The number of halogens is 1. The van der Waals surface area contributed by atoms with E-state index in [-0.39, 0.29) is 17.2 Å². The quantitative estimate of drug-likeness (QED) is 0.794. The summed E-state index contributed by atoms with van der Waals surface area (Å²) in [6, 6.07) is 1.84. The molecule has 1 aliphatic heterocycles. The lowest BCUT2D eigenvalue weighted by atomic mass is 10.0. The average molecular weight is 241 g/mol. The van der Waals surface area contributed by atoms with Gasteiger partial charge in [0.1, 0.15) is 0 Å². The van der Waals surface area contributed by atoms with Crippen molar-refractivity contribution in [2.75, 3.05) is 5.01 Å². The van der Waals surface area contributed by atoms with E-state index in [0.717, 1.165) is 0 Å². The summed E-state index contributed by atoms with van der Waals surface area (Å²) in [5, 5.41) is 1.95. The summed E-state index contributed by atoms with van der Waals surface area (Å²) in [5.41, 5.74) is 2.77. The van der Waals surface area contributed by atoms with Crippen LogP contribution in [0.15, 0.2) is 12.3 Å². The van der Waals surface area contributed by atoms with Crippen molar-refractivity contribution < 1.29 is 4.79 Å². The Morgan fingerprint density at radius 1 is 1.62 bits per heavy atom. The lowest BCUT2D eigenvalue weighted by Crippen LogP contribution is -2.41. The Kier molecular flexibility index (Phi) is 2.96. The van der Waals surface area contributed by atoms with Gasteiger partial charge in [-0.15, -0.1) is 0 Å². The number of carbonyl (C=O) groups is 1. The molecular weight excluding hydrogens is 228 g/mol. The third-order valence-electron chi connectivity index (χ3n) is 2.60. The molecule has 1 amide bonds. The molecule has 1 unspecified atom stereocenters. The second-order valence-electron chi connectivity index (χ2n) is 4.10. The number of amides is 1. The Balaban J connectivity index is 2.28. The fraction of sp³-hybridized carbons (Fsp3) is 0.500. The summed E-state index contributed by atoms with van der Waals surface area (Å²) in [6.07, 6.45) is 2.06. The second kappa shape index (κ2) is 4.25. The maximum absolute atomic E-state index is 11.4. The van der Waals surface area contributed by atoms with Crippen LogP contribution in [-0.4, -0.2) is 21.9 Å². The van der Waals surface area contributed by atoms with Gasteiger partial charge in [-0.3, -0.25) is 15.2 Å². The van der Waals surface area contributed by atoms with Gasteiger partial charge in [0.05, 0.1) is 12.5 Å². The average Bonchev–Trinajstić information content (AvgIpc) is 2.60. The van der Waals surface area contributed by atoms with Crippen molar-refractivity contribution in [1.29, 1.82) is 0 Å². The Hall–Kier alpha value is -1.36. The number of aromatic nitrogens is 2. The van der Waals surface area contributed by atoms with E-state index in [4.69, 9.17) is 11.6 Å². The fourth-order valence-corrected chi connectivity index (χ4v) is 1.91. The van der Waals surface area contributed by atoms with Crippen molar-refractivity contribution >= 4 is 23.3 Å². The predicted molar refractivity (Wildman–Crippen MR) is 60.9 cm³/mol. The van der Waals surface area contributed by atoms with Crippen LogP contribution in [0.1, 0.15) is 20.3 Å². The monoisotopic (exact) mass is 240 g/mol. The predicted octanol–water partition coefficient (Wildman–Crippen LogP) is 1.40. The Labute approximate surface area is 98.8 Å². The molecule has 1 aromatic rings. The zero-order valence-corrected chi connectivity index (χ0v) is 9.90. The molecule has 2 heterocycles. The number of nitrogens with zero attached hydrogens (tertiary/aromatic N) is 3. The second-order valence-corrected chi connectivity index (χ2v) is 4.44. The Morgan fingerprint density at radius 2 is 2.38 bits per heavy atom. The molecule has 0 radical (unpaired) electrons.